The molecule has 0 aliphatic carbocycles. The van der Waals surface area contributed by atoms with Gasteiger partial charge in [0.2, 0.25) is 11.8 Å². The molecule has 1 unspecified atom stereocenters. The van der Waals surface area contributed by atoms with Gasteiger partial charge in [-0.1, -0.05) is 18.2 Å². The lowest BCUT2D eigenvalue weighted by Crippen LogP contribution is -2.39. The molecule has 3 aromatic rings. The molecule has 0 N–H and O–H groups in total. The standard InChI is InChI=1S/C35H36F3N3O4/c1-22-4-3-5-23(2)32(22)41-21-27(18-31(41)42)34(44)39-16-14-25-19-40(20-26(25)15-17-39)33(43)24-6-10-29(11-7-24)45-30-12-8-28(9-13-30)35(36,37)38/h3-13,25-27H,14-21H2,1-2H3/t25-,26+,27?. The van der Waals surface area contributed by atoms with Crippen LogP contribution in [0.25, 0.3) is 0 Å². The number of fused-ring (bicyclic) bond motifs is 1. The number of ether oxygens (including phenoxy) is 1. The molecule has 0 radical (unpaired) electrons. The predicted octanol–water partition coefficient (Wildman–Crippen LogP) is 6.48. The summed E-state index contributed by atoms with van der Waals surface area (Å²) < 4.78 is 44.1. The third-order valence-electron chi connectivity index (χ3n) is 9.42. The van der Waals surface area contributed by atoms with Crippen LogP contribution in [0.1, 0.15) is 46.3 Å². The van der Waals surface area contributed by atoms with Crippen LogP contribution in [0.2, 0.25) is 0 Å². The number of carbonyl (C=O) groups excluding carboxylic acids is 3. The van der Waals surface area contributed by atoms with Crippen LogP contribution < -0.4 is 9.64 Å². The van der Waals surface area contributed by atoms with Gasteiger partial charge in [0, 0.05) is 50.4 Å². The molecule has 3 aliphatic heterocycles. The minimum atomic E-state index is -4.41. The molecule has 10 heteroatoms. The molecule has 3 heterocycles. The van der Waals surface area contributed by atoms with Gasteiger partial charge >= 0.3 is 6.18 Å². The number of rotatable bonds is 5. The summed E-state index contributed by atoms with van der Waals surface area (Å²) in [6.07, 6.45) is -2.57. The van der Waals surface area contributed by atoms with Gasteiger partial charge in [-0.05, 0) is 98.2 Å². The molecule has 3 aromatic carbocycles. The van der Waals surface area contributed by atoms with Crippen molar-refractivity contribution in [3.8, 4) is 11.5 Å². The highest BCUT2D eigenvalue weighted by molar-refractivity contribution is 6.01. The predicted molar refractivity (Wildman–Crippen MR) is 163 cm³/mol. The number of aryl methyl sites for hydroxylation is 2. The van der Waals surface area contributed by atoms with Gasteiger partial charge in [0.1, 0.15) is 11.5 Å². The molecule has 3 amide bonds. The third-order valence-corrected chi connectivity index (χ3v) is 9.42. The van der Waals surface area contributed by atoms with Crippen molar-refractivity contribution < 1.29 is 32.3 Å². The summed E-state index contributed by atoms with van der Waals surface area (Å²) in [5.74, 6) is 0.897. The number of hydrogen-bond acceptors (Lipinski definition) is 4. The van der Waals surface area contributed by atoms with E-state index in [1.54, 1.807) is 29.2 Å². The zero-order chi connectivity index (χ0) is 31.9. The summed E-state index contributed by atoms with van der Waals surface area (Å²) in [6.45, 7) is 6.86. The molecule has 0 saturated carbocycles. The maximum Gasteiger partial charge on any atom is 0.416 e. The summed E-state index contributed by atoms with van der Waals surface area (Å²) in [5.41, 5.74) is 2.74. The average molecular weight is 620 g/mol. The van der Waals surface area contributed by atoms with Crippen LogP contribution in [-0.2, 0) is 15.8 Å². The van der Waals surface area contributed by atoms with E-state index in [1.807, 2.05) is 41.8 Å². The smallest absolute Gasteiger partial charge is 0.416 e. The number of anilines is 1. The van der Waals surface area contributed by atoms with Gasteiger partial charge in [0.25, 0.3) is 5.91 Å². The average Bonchev–Trinajstić information content (AvgIpc) is 3.54. The first kappa shape index (κ1) is 30.7. The molecule has 3 atom stereocenters. The van der Waals surface area contributed by atoms with Gasteiger partial charge < -0.3 is 19.4 Å². The van der Waals surface area contributed by atoms with E-state index in [9.17, 15) is 27.6 Å². The van der Waals surface area contributed by atoms with E-state index < -0.39 is 11.7 Å². The van der Waals surface area contributed by atoms with Crippen molar-refractivity contribution in [2.75, 3.05) is 37.6 Å². The number of halogens is 3. The minimum absolute atomic E-state index is 0.00854. The lowest BCUT2D eigenvalue weighted by Gasteiger charge is -2.26. The van der Waals surface area contributed by atoms with Gasteiger partial charge in [0.15, 0.2) is 0 Å². The van der Waals surface area contributed by atoms with Crippen LogP contribution in [0, 0.1) is 31.6 Å². The molecule has 236 valence electrons. The first-order valence-electron chi connectivity index (χ1n) is 15.4. The molecular formula is C35H36F3N3O4. The number of nitrogens with zero attached hydrogens (tertiary/aromatic N) is 3. The first-order valence-corrected chi connectivity index (χ1v) is 15.4. The van der Waals surface area contributed by atoms with Crippen molar-refractivity contribution in [3.05, 3.63) is 89.0 Å². The second kappa shape index (κ2) is 12.2. The van der Waals surface area contributed by atoms with E-state index in [0.29, 0.717) is 55.9 Å². The lowest BCUT2D eigenvalue weighted by atomic mass is 9.92. The number of amides is 3. The Morgan fingerprint density at radius 2 is 1.33 bits per heavy atom. The Morgan fingerprint density at radius 1 is 0.778 bits per heavy atom. The zero-order valence-electron chi connectivity index (χ0n) is 25.3. The molecular weight excluding hydrogens is 583 g/mol. The summed E-state index contributed by atoms with van der Waals surface area (Å²) in [4.78, 5) is 45.4. The van der Waals surface area contributed by atoms with E-state index >= 15 is 0 Å². The molecule has 3 fully saturated rings. The lowest BCUT2D eigenvalue weighted by molar-refractivity contribution is -0.137. The van der Waals surface area contributed by atoms with Crippen LogP contribution in [-0.4, -0.2) is 60.2 Å². The number of para-hydroxylation sites is 1. The van der Waals surface area contributed by atoms with Crippen LogP contribution in [0.15, 0.2) is 66.7 Å². The van der Waals surface area contributed by atoms with Crippen LogP contribution in [0.3, 0.4) is 0 Å². The molecule has 6 rings (SSSR count). The zero-order valence-corrected chi connectivity index (χ0v) is 25.3. The molecule has 0 aromatic heterocycles. The largest absolute Gasteiger partial charge is 0.457 e. The van der Waals surface area contributed by atoms with E-state index in [0.717, 1.165) is 41.8 Å². The summed E-state index contributed by atoms with van der Waals surface area (Å²) in [6, 6.07) is 17.0. The van der Waals surface area contributed by atoms with Gasteiger partial charge in [-0.25, -0.2) is 0 Å². The second-order valence-electron chi connectivity index (χ2n) is 12.4. The SMILES string of the molecule is Cc1cccc(C)c1N1CC(C(=O)N2CC[C@@H]3CN(C(=O)c4ccc(Oc5ccc(C(F)(F)F)cc5)cc4)C[C@@H]3CC2)CC1=O. The molecule has 7 nitrogen and oxygen atoms in total. The second-order valence-corrected chi connectivity index (χ2v) is 12.4. The van der Waals surface area contributed by atoms with Gasteiger partial charge in [-0.2, -0.15) is 13.2 Å². The van der Waals surface area contributed by atoms with Crippen molar-refractivity contribution in [3.63, 3.8) is 0 Å². The molecule has 0 bridgehead atoms. The molecule has 3 saturated heterocycles. The van der Waals surface area contributed by atoms with Crippen molar-refractivity contribution in [2.24, 2.45) is 17.8 Å². The van der Waals surface area contributed by atoms with E-state index in [1.165, 1.54) is 12.1 Å². The van der Waals surface area contributed by atoms with Crippen LogP contribution in [0.5, 0.6) is 11.5 Å². The Labute approximate surface area is 260 Å². The summed E-state index contributed by atoms with van der Waals surface area (Å²) in [7, 11) is 0. The molecule has 45 heavy (non-hydrogen) atoms. The Bertz CT molecular complexity index is 1550. The van der Waals surface area contributed by atoms with Crippen molar-refractivity contribution in [1.29, 1.82) is 0 Å². The van der Waals surface area contributed by atoms with Crippen LogP contribution in [0.4, 0.5) is 18.9 Å². The third kappa shape index (κ3) is 6.41. The normalized spacial score (nSPS) is 21.9. The van der Waals surface area contributed by atoms with Crippen LogP contribution >= 0.6 is 0 Å². The summed E-state index contributed by atoms with van der Waals surface area (Å²) in [5, 5.41) is 0. The van der Waals surface area contributed by atoms with Gasteiger partial charge in [-0.3, -0.25) is 14.4 Å². The number of benzene rings is 3. The number of alkyl halides is 3. The van der Waals surface area contributed by atoms with Gasteiger partial charge in [-0.15, -0.1) is 0 Å². The first-order chi connectivity index (χ1) is 21.5. The quantitative estimate of drug-likeness (QED) is 0.328. The highest BCUT2D eigenvalue weighted by Gasteiger charge is 2.41. The number of carbonyl (C=O) groups is 3. The van der Waals surface area contributed by atoms with Gasteiger partial charge in [0.05, 0.1) is 11.5 Å². The number of likely N-dealkylation sites (tertiary alicyclic amines) is 2. The highest BCUT2D eigenvalue weighted by atomic mass is 19.4. The fourth-order valence-corrected chi connectivity index (χ4v) is 7.01. The monoisotopic (exact) mass is 619 g/mol. The van der Waals surface area contributed by atoms with E-state index in [-0.39, 0.29) is 35.8 Å². The van der Waals surface area contributed by atoms with Crippen molar-refractivity contribution >= 4 is 23.4 Å². The van der Waals surface area contributed by atoms with E-state index in [4.69, 9.17) is 4.74 Å². The Hall–Kier alpha value is -4.34. The van der Waals surface area contributed by atoms with E-state index in [2.05, 4.69) is 0 Å². The Balaban J connectivity index is 1.02. The maximum absolute atomic E-state index is 13.5. The Kier molecular flexibility index (Phi) is 8.33. The fraction of sp³-hybridized carbons (Fsp3) is 0.400. The topological polar surface area (TPSA) is 70.2 Å². The Morgan fingerprint density at radius 3 is 1.89 bits per heavy atom. The maximum atomic E-state index is 13.5. The van der Waals surface area contributed by atoms with Crippen molar-refractivity contribution in [1.82, 2.24) is 9.80 Å². The summed E-state index contributed by atoms with van der Waals surface area (Å²) >= 11 is 0. The highest BCUT2D eigenvalue weighted by Crippen LogP contribution is 2.36. The molecule has 0 spiro atoms. The number of hydrogen-bond donors (Lipinski definition) is 0. The van der Waals surface area contributed by atoms with Crippen molar-refractivity contribution in [2.45, 2.75) is 39.3 Å². The minimum Gasteiger partial charge on any atom is -0.457 e. The molecule has 3 aliphatic rings. The fourth-order valence-electron chi connectivity index (χ4n) is 7.01.